The van der Waals surface area contributed by atoms with Crippen molar-refractivity contribution in [2.24, 2.45) is 0 Å². The Morgan fingerprint density at radius 1 is 1.25 bits per heavy atom. The third-order valence-electron chi connectivity index (χ3n) is 3.81. The minimum atomic E-state index is -0.183. The van der Waals surface area contributed by atoms with Gasteiger partial charge in [-0.2, -0.15) is 0 Å². The summed E-state index contributed by atoms with van der Waals surface area (Å²) in [5.41, 5.74) is 0.601. The second kappa shape index (κ2) is 7.73. The highest BCUT2D eigenvalue weighted by Gasteiger charge is 2.25. The molecule has 1 atom stereocenters. The SMILES string of the molecule is O=C(Nc1ccccc1Cl)N1CCCC(Oc2ccncc2Cl)C1. The Morgan fingerprint density at radius 3 is 2.88 bits per heavy atom. The fraction of sp³-hybridized carbons (Fsp3) is 0.294. The maximum Gasteiger partial charge on any atom is 0.322 e. The number of amides is 2. The van der Waals surface area contributed by atoms with Crippen LogP contribution in [0.4, 0.5) is 10.5 Å². The molecular formula is C17H17Cl2N3O2. The van der Waals surface area contributed by atoms with Crippen LogP contribution in [-0.2, 0) is 0 Å². The second-order valence-electron chi connectivity index (χ2n) is 5.54. The van der Waals surface area contributed by atoms with Crippen molar-refractivity contribution in [2.75, 3.05) is 18.4 Å². The van der Waals surface area contributed by atoms with E-state index in [1.54, 1.807) is 35.5 Å². The fourth-order valence-corrected chi connectivity index (χ4v) is 2.96. The molecule has 3 rings (SSSR count). The van der Waals surface area contributed by atoms with Crippen molar-refractivity contribution in [3.63, 3.8) is 0 Å². The lowest BCUT2D eigenvalue weighted by molar-refractivity contribution is 0.106. The lowest BCUT2D eigenvalue weighted by Gasteiger charge is -2.33. The predicted octanol–water partition coefficient (Wildman–Crippen LogP) is 4.46. The molecule has 1 aliphatic heterocycles. The fourth-order valence-electron chi connectivity index (χ4n) is 2.61. The maximum atomic E-state index is 12.4. The van der Waals surface area contributed by atoms with Gasteiger partial charge in [-0.15, -0.1) is 0 Å². The van der Waals surface area contributed by atoms with Crippen LogP contribution in [0.15, 0.2) is 42.7 Å². The highest BCUT2D eigenvalue weighted by atomic mass is 35.5. The third-order valence-corrected chi connectivity index (χ3v) is 4.42. The highest BCUT2D eigenvalue weighted by molar-refractivity contribution is 6.33. The van der Waals surface area contributed by atoms with E-state index in [9.17, 15) is 4.79 Å². The Kier molecular flexibility index (Phi) is 5.43. The molecule has 0 aliphatic carbocycles. The maximum absolute atomic E-state index is 12.4. The van der Waals surface area contributed by atoms with Crippen LogP contribution < -0.4 is 10.1 Å². The minimum Gasteiger partial charge on any atom is -0.487 e. The summed E-state index contributed by atoms with van der Waals surface area (Å²) in [6.45, 7) is 1.18. The van der Waals surface area contributed by atoms with Gasteiger partial charge in [0.25, 0.3) is 0 Å². The number of carbonyl (C=O) groups excluding carboxylic acids is 1. The van der Waals surface area contributed by atoms with E-state index >= 15 is 0 Å². The molecule has 0 bridgehead atoms. The number of halogens is 2. The van der Waals surface area contributed by atoms with Crippen molar-refractivity contribution < 1.29 is 9.53 Å². The molecule has 5 nitrogen and oxygen atoms in total. The van der Waals surface area contributed by atoms with E-state index < -0.39 is 0 Å². The van der Waals surface area contributed by atoms with Gasteiger partial charge in [-0.05, 0) is 25.0 Å². The van der Waals surface area contributed by atoms with Crippen LogP contribution in [0.25, 0.3) is 0 Å². The topological polar surface area (TPSA) is 54.5 Å². The van der Waals surface area contributed by atoms with Gasteiger partial charge < -0.3 is 15.0 Å². The summed E-state index contributed by atoms with van der Waals surface area (Å²) < 4.78 is 5.92. The van der Waals surface area contributed by atoms with Crippen LogP contribution in [0.3, 0.4) is 0 Å². The van der Waals surface area contributed by atoms with Gasteiger partial charge >= 0.3 is 6.03 Å². The Labute approximate surface area is 150 Å². The molecule has 2 amide bonds. The number of hydrogen-bond donors (Lipinski definition) is 1. The number of aromatic nitrogens is 1. The van der Waals surface area contributed by atoms with Gasteiger partial charge in [-0.3, -0.25) is 4.98 Å². The first kappa shape index (κ1) is 16.9. The number of ether oxygens (including phenoxy) is 1. The molecule has 24 heavy (non-hydrogen) atoms. The summed E-state index contributed by atoms with van der Waals surface area (Å²) in [6, 6.07) is 8.71. The smallest absolute Gasteiger partial charge is 0.322 e. The van der Waals surface area contributed by atoms with Crippen LogP contribution in [0, 0.1) is 0 Å². The van der Waals surface area contributed by atoms with Crippen molar-refractivity contribution in [1.29, 1.82) is 0 Å². The zero-order valence-corrected chi connectivity index (χ0v) is 14.4. The van der Waals surface area contributed by atoms with E-state index in [1.165, 1.54) is 0 Å². The number of likely N-dealkylation sites (tertiary alicyclic amines) is 1. The van der Waals surface area contributed by atoms with Crippen molar-refractivity contribution >= 4 is 34.9 Å². The standard InChI is InChI=1S/C17H17Cl2N3O2/c18-13-5-1-2-6-15(13)21-17(23)22-9-3-4-12(11-22)24-16-7-8-20-10-14(16)19/h1-2,5-8,10,12H,3-4,9,11H2,(H,21,23). The Morgan fingerprint density at radius 2 is 2.08 bits per heavy atom. The van der Waals surface area contributed by atoms with Crippen LogP contribution in [0.5, 0.6) is 5.75 Å². The molecular weight excluding hydrogens is 349 g/mol. The van der Waals surface area contributed by atoms with E-state index in [0.29, 0.717) is 34.6 Å². The molecule has 1 aliphatic rings. The summed E-state index contributed by atoms with van der Waals surface area (Å²) >= 11 is 12.2. The number of rotatable bonds is 3. The Balaban J connectivity index is 1.62. The van der Waals surface area contributed by atoms with E-state index in [2.05, 4.69) is 10.3 Å². The normalized spacial score (nSPS) is 17.4. The molecule has 1 saturated heterocycles. The van der Waals surface area contributed by atoms with E-state index in [-0.39, 0.29) is 12.1 Å². The number of pyridine rings is 1. The highest BCUT2D eigenvalue weighted by Crippen LogP contribution is 2.26. The molecule has 1 aromatic heterocycles. The van der Waals surface area contributed by atoms with Crippen molar-refractivity contribution in [1.82, 2.24) is 9.88 Å². The number of piperidine rings is 1. The second-order valence-corrected chi connectivity index (χ2v) is 6.36. The van der Waals surface area contributed by atoms with Crippen LogP contribution in [0.2, 0.25) is 10.0 Å². The lowest BCUT2D eigenvalue weighted by atomic mass is 10.1. The molecule has 126 valence electrons. The van der Waals surface area contributed by atoms with Crippen molar-refractivity contribution in [3.05, 3.63) is 52.8 Å². The minimum absolute atomic E-state index is 0.101. The number of para-hydroxylation sites is 1. The van der Waals surface area contributed by atoms with Crippen LogP contribution >= 0.6 is 23.2 Å². The average Bonchev–Trinajstić information content (AvgIpc) is 2.59. The number of nitrogens with one attached hydrogen (secondary N) is 1. The van der Waals surface area contributed by atoms with Crippen molar-refractivity contribution in [2.45, 2.75) is 18.9 Å². The summed E-state index contributed by atoms with van der Waals surface area (Å²) in [5, 5.41) is 3.82. The summed E-state index contributed by atoms with van der Waals surface area (Å²) in [7, 11) is 0. The number of hydrogen-bond acceptors (Lipinski definition) is 3. The summed E-state index contributed by atoms with van der Waals surface area (Å²) in [5.74, 6) is 0.588. The van der Waals surface area contributed by atoms with Gasteiger partial charge in [0.05, 0.1) is 17.3 Å². The van der Waals surface area contributed by atoms with Gasteiger partial charge in [0.1, 0.15) is 16.9 Å². The Bertz CT molecular complexity index is 726. The molecule has 0 spiro atoms. The first-order valence-electron chi connectivity index (χ1n) is 7.70. The molecule has 2 heterocycles. The molecule has 1 N–H and O–H groups in total. The number of urea groups is 1. The van der Waals surface area contributed by atoms with Gasteiger partial charge in [-0.25, -0.2) is 4.79 Å². The summed E-state index contributed by atoms with van der Waals surface area (Å²) in [6.07, 6.45) is 4.81. The molecule has 2 aromatic rings. The molecule has 0 saturated carbocycles. The van der Waals surface area contributed by atoms with Gasteiger partial charge in [0.15, 0.2) is 0 Å². The predicted molar refractivity (Wildman–Crippen MR) is 94.9 cm³/mol. The third kappa shape index (κ3) is 4.10. The first-order valence-corrected chi connectivity index (χ1v) is 8.45. The van der Waals surface area contributed by atoms with E-state index in [4.69, 9.17) is 27.9 Å². The molecule has 1 fully saturated rings. The molecule has 0 radical (unpaired) electrons. The number of nitrogens with zero attached hydrogens (tertiary/aromatic N) is 2. The number of anilines is 1. The molecule has 7 heteroatoms. The average molecular weight is 366 g/mol. The first-order chi connectivity index (χ1) is 11.6. The van der Waals surface area contributed by atoms with Crippen molar-refractivity contribution in [3.8, 4) is 5.75 Å². The quantitative estimate of drug-likeness (QED) is 0.873. The molecule has 1 unspecified atom stereocenters. The van der Waals surface area contributed by atoms with E-state index in [0.717, 1.165) is 12.8 Å². The largest absolute Gasteiger partial charge is 0.487 e. The Hall–Kier alpha value is -1.98. The van der Waals surface area contributed by atoms with Crippen LogP contribution in [0.1, 0.15) is 12.8 Å². The van der Waals surface area contributed by atoms with Gasteiger partial charge in [0, 0.05) is 25.0 Å². The zero-order valence-electron chi connectivity index (χ0n) is 12.9. The summed E-state index contributed by atoms with van der Waals surface area (Å²) in [4.78, 5) is 18.1. The van der Waals surface area contributed by atoms with E-state index in [1.807, 2.05) is 12.1 Å². The number of benzene rings is 1. The monoisotopic (exact) mass is 365 g/mol. The number of carbonyl (C=O) groups is 1. The van der Waals surface area contributed by atoms with Gasteiger partial charge in [-0.1, -0.05) is 35.3 Å². The lowest BCUT2D eigenvalue weighted by Crippen LogP contribution is -2.46. The molecule has 1 aromatic carbocycles. The van der Waals surface area contributed by atoms with Crippen LogP contribution in [-0.4, -0.2) is 35.1 Å². The zero-order chi connectivity index (χ0) is 16.9. The van der Waals surface area contributed by atoms with Gasteiger partial charge in [0.2, 0.25) is 0 Å².